The number of nitrogens with zero attached hydrogens (tertiary/aromatic N) is 4. The highest BCUT2D eigenvalue weighted by atomic mass is 16.1. The molecule has 2 rings (SSSR count). The zero-order valence-corrected chi connectivity index (χ0v) is 16.3. The van der Waals surface area contributed by atoms with Crippen molar-refractivity contribution in [2.45, 2.75) is 34.1 Å². The minimum Gasteiger partial charge on any atom is -0.211 e. The summed E-state index contributed by atoms with van der Waals surface area (Å²) >= 11 is 0. The first-order chi connectivity index (χ1) is 13.9. The largest absolute Gasteiger partial charge is 0.240 e. The Balaban J connectivity index is 2.89. The van der Waals surface area contributed by atoms with E-state index >= 15 is 0 Å². The number of isocyanates is 4. The van der Waals surface area contributed by atoms with Crippen LogP contribution in [0.4, 0.5) is 22.7 Å². The van der Waals surface area contributed by atoms with Crippen LogP contribution in [0.2, 0.25) is 0 Å². The van der Waals surface area contributed by atoms with Crippen molar-refractivity contribution in [1.82, 2.24) is 0 Å². The molecular weight excluding hydrogens is 372 g/mol. The number of hydrogen-bond donors (Lipinski definition) is 0. The topological polar surface area (TPSA) is 118 Å². The Morgan fingerprint density at radius 1 is 0.621 bits per heavy atom. The van der Waals surface area contributed by atoms with Crippen LogP contribution in [0, 0.1) is 27.7 Å². The lowest BCUT2D eigenvalue weighted by Crippen LogP contribution is -1.99. The molecule has 0 aliphatic rings. The Morgan fingerprint density at radius 2 is 0.966 bits per heavy atom. The average molecular weight is 388 g/mol. The number of carbonyl (C=O) groups excluding carboxylic acids is 4. The van der Waals surface area contributed by atoms with Gasteiger partial charge in [0.15, 0.2) is 0 Å². The monoisotopic (exact) mass is 388 g/mol. The molecule has 0 bridgehead atoms. The molecule has 0 heterocycles. The Labute approximate surface area is 166 Å². The van der Waals surface area contributed by atoms with E-state index < -0.39 is 0 Å². The molecule has 0 aliphatic carbocycles. The van der Waals surface area contributed by atoms with Crippen LogP contribution in [0.25, 0.3) is 0 Å². The highest BCUT2D eigenvalue weighted by molar-refractivity contribution is 5.73. The van der Waals surface area contributed by atoms with E-state index in [2.05, 4.69) is 20.0 Å². The predicted octanol–water partition coefficient (Wildman–Crippen LogP) is 4.38. The third kappa shape index (κ3) is 4.28. The summed E-state index contributed by atoms with van der Waals surface area (Å²) in [7, 11) is 0. The van der Waals surface area contributed by atoms with E-state index in [0.717, 1.165) is 0 Å². The van der Waals surface area contributed by atoms with Crippen LogP contribution in [-0.4, -0.2) is 24.3 Å². The summed E-state index contributed by atoms with van der Waals surface area (Å²) in [6.07, 6.45) is 6.28. The number of rotatable bonds is 6. The van der Waals surface area contributed by atoms with Gasteiger partial charge in [-0.25, -0.2) is 19.2 Å². The van der Waals surface area contributed by atoms with Gasteiger partial charge < -0.3 is 0 Å². The maximum absolute atomic E-state index is 10.9. The van der Waals surface area contributed by atoms with Crippen molar-refractivity contribution >= 4 is 47.1 Å². The quantitative estimate of drug-likeness (QED) is 0.539. The van der Waals surface area contributed by atoms with Crippen molar-refractivity contribution in [2.75, 3.05) is 0 Å². The zero-order valence-electron chi connectivity index (χ0n) is 16.3. The van der Waals surface area contributed by atoms with Gasteiger partial charge in [-0.05, 0) is 73.2 Å². The second-order valence-corrected chi connectivity index (χ2v) is 6.32. The first-order valence-corrected chi connectivity index (χ1v) is 8.47. The standard InChI is InChI=1S/C21H16N4O4/c1-12-5-18(22-8-26)16(14(3)20(12)24-10-28)7-17-15(4)21(25-11-29)13(2)6-19(17)23-9-27/h5-6H,7H2,1-4H3. The lowest BCUT2D eigenvalue weighted by atomic mass is 9.90. The highest BCUT2D eigenvalue weighted by Gasteiger charge is 2.19. The number of aliphatic imine (C=N–C) groups is 4. The molecule has 29 heavy (non-hydrogen) atoms. The van der Waals surface area contributed by atoms with Crippen molar-refractivity contribution in [3.8, 4) is 0 Å². The average Bonchev–Trinajstić information content (AvgIpc) is 2.67. The molecule has 0 fully saturated rings. The summed E-state index contributed by atoms with van der Waals surface area (Å²) in [5, 5.41) is 0. The van der Waals surface area contributed by atoms with Crippen LogP contribution in [0.1, 0.15) is 33.4 Å². The second kappa shape index (κ2) is 9.25. The number of benzene rings is 2. The number of hydrogen-bond acceptors (Lipinski definition) is 8. The second-order valence-electron chi connectivity index (χ2n) is 6.32. The van der Waals surface area contributed by atoms with Crippen molar-refractivity contribution in [3.05, 3.63) is 45.5 Å². The van der Waals surface area contributed by atoms with E-state index in [1.54, 1.807) is 39.8 Å². The molecule has 0 unspecified atom stereocenters. The fraction of sp³-hybridized carbons (Fsp3) is 0.238. The summed E-state index contributed by atoms with van der Waals surface area (Å²) in [6, 6.07) is 3.22. The van der Waals surface area contributed by atoms with Crippen LogP contribution >= 0.6 is 0 Å². The van der Waals surface area contributed by atoms with Gasteiger partial charge in [0.25, 0.3) is 0 Å². The van der Waals surface area contributed by atoms with Crippen molar-refractivity contribution in [1.29, 1.82) is 0 Å². The molecule has 0 saturated heterocycles. The van der Waals surface area contributed by atoms with E-state index in [4.69, 9.17) is 0 Å². The summed E-state index contributed by atoms with van der Waals surface area (Å²) in [5.41, 5.74) is 5.21. The summed E-state index contributed by atoms with van der Waals surface area (Å²) in [4.78, 5) is 58.5. The molecule has 0 N–H and O–H groups in total. The Kier molecular flexibility index (Phi) is 6.78. The van der Waals surface area contributed by atoms with Crippen LogP contribution in [0.15, 0.2) is 32.1 Å². The van der Waals surface area contributed by atoms with E-state index in [0.29, 0.717) is 56.1 Å². The minimum atomic E-state index is 0.183. The molecule has 0 spiro atoms. The van der Waals surface area contributed by atoms with Crippen molar-refractivity contribution < 1.29 is 19.2 Å². The molecule has 0 amide bonds. The molecule has 8 heteroatoms. The van der Waals surface area contributed by atoms with Gasteiger partial charge in [-0.15, -0.1) is 0 Å². The Hall–Kier alpha value is -4.04. The number of aryl methyl sites for hydroxylation is 2. The van der Waals surface area contributed by atoms with Crippen molar-refractivity contribution in [3.63, 3.8) is 0 Å². The molecule has 8 nitrogen and oxygen atoms in total. The molecule has 0 aliphatic heterocycles. The maximum Gasteiger partial charge on any atom is 0.240 e. The van der Waals surface area contributed by atoms with Crippen LogP contribution in [-0.2, 0) is 25.6 Å². The summed E-state index contributed by atoms with van der Waals surface area (Å²) in [5.74, 6) is 0. The van der Waals surface area contributed by atoms with Gasteiger partial charge in [0, 0.05) is 6.42 Å². The third-order valence-electron chi connectivity index (χ3n) is 4.69. The molecule has 0 saturated carbocycles. The SMILES string of the molecule is Cc1cc(N=C=O)c(Cc2c(N=C=O)cc(C)c(N=C=O)c2C)c(C)c1N=C=O. The highest BCUT2D eigenvalue weighted by Crippen LogP contribution is 2.40. The van der Waals surface area contributed by atoms with Crippen LogP contribution < -0.4 is 0 Å². The fourth-order valence-electron chi connectivity index (χ4n) is 3.34. The van der Waals surface area contributed by atoms with Gasteiger partial charge in [0.1, 0.15) is 0 Å². The normalized spacial score (nSPS) is 9.52. The minimum absolute atomic E-state index is 0.183. The van der Waals surface area contributed by atoms with Gasteiger partial charge in [-0.1, -0.05) is 0 Å². The van der Waals surface area contributed by atoms with Gasteiger partial charge in [-0.2, -0.15) is 20.0 Å². The van der Waals surface area contributed by atoms with E-state index in [9.17, 15) is 19.2 Å². The Morgan fingerprint density at radius 3 is 1.28 bits per heavy atom. The van der Waals surface area contributed by atoms with E-state index in [-0.39, 0.29) is 6.42 Å². The molecule has 0 atom stereocenters. The predicted molar refractivity (Wildman–Crippen MR) is 106 cm³/mol. The smallest absolute Gasteiger partial charge is 0.211 e. The third-order valence-corrected chi connectivity index (χ3v) is 4.69. The van der Waals surface area contributed by atoms with Crippen molar-refractivity contribution in [2.24, 2.45) is 20.0 Å². The van der Waals surface area contributed by atoms with E-state index in [1.165, 1.54) is 24.3 Å². The maximum atomic E-state index is 10.9. The van der Waals surface area contributed by atoms with Gasteiger partial charge in [0.2, 0.25) is 24.3 Å². The lowest BCUT2D eigenvalue weighted by Gasteiger charge is -2.17. The van der Waals surface area contributed by atoms with Gasteiger partial charge >= 0.3 is 0 Å². The summed E-state index contributed by atoms with van der Waals surface area (Å²) in [6.45, 7) is 6.93. The molecule has 2 aromatic rings. The Bertz CT molecular complexity index is 1100. The molecule has 2 aromatic carbocycles. The summed E-state index contributed by atoms with van der Waals surface area (Å²) < 4.78 is 0. The first kappa shape index (κ1) is 21.3. The molecule has 144 valence electrons. The fourth-order valence-corrected chi connectivity index (χ4v) is 3.34. The first-order valence-electron chi connectivity index (χ1n) is 8.47. The van der Waals surface area contributed by atoms with E-state index in [1.807, 2.05) is 0 Å². The van der Waals surface area contributed by atoms with Crippen LogP contribution in [0.5, 0.6) is 0 Å². The molecule has 0 aromatic heterocycles. The molecule has 0 radical (unpaired) electrons. The van der Waals surface area contributed by atoms with Gasteiger partial charge in [0.05, 0.1) is 22.7 Å². The van der Waals surface area contributed by atoms with Crippen LogP contribution in [0.3, 0.4) is 0 Å². The lowest BCUT2D eigenvalue weighted by molar-refractivity contribution is 0.564. The molecular formula is C21H16N4O4. The van der Waals surface area contributed by atoms with Gasteiger partial charge in [-0.3, -0.25) is 0 Å². The zero-order chi connectivity index (χ0) is 21.6.